The van der Waals surface area contributed by atoms with E-state index in [9.17, 15) is 8.78 Å². The first kappa shape index (κ1) is 13.7. The Morgan fingerprint density at radius 3 is 2.32 bits per heavy atom. The number of hydrogen-bond acceptors (Lipinski definition) is 1. The zero-order valence-electron chi connectivity index (χ0n) is 11.1. The quantitative estimate of drug-likeness (QED) is 0.896. The van der Waals surface area contributed by atoms with Crippen LogP contribution in [0.25, 0.3) is 0 Å². The summed E-state index contributed by atoms with van der Waals surface area (Å²) in [5, 5.41) is 0. The van der Waals surface area contributed by atoms with E-state index in [1.165, 1.54) is 6.07 Å². The van der Waals surface area contributed by atoms with E-state index in [1.807, 2.05) is 38.1 Å². The van der Waals surface area contributed by atoms with Crippen molar-refractivity contribution in [2.75, 3.05) is 0 Å². The normalized spacial score (nSPS) is 14.2. The Morgan fingerprint density at radius 2 is 1.68 bits per heavy atom. The molecule has 19 heavy (non-hydrogen) atoms. The van der Waals surface area contributed by atoms with Gasteiger partial charge in [0, 0.05) is 5.54 Å². The molecule has 0 aromatic heterocycles. The van der Waals surface area contributed by atoms with Crippen LogP contribution in [0.1, 0.15) is 23.6 Å². The van der Waals surface area contributed by atoms with Crippen molar-refractivity contribution in [3.05, 3.63) is 70.8 Å². The van der Waals surface area contributed by atoms with Gasteiger partial charge in [0.25, 0.3) is 0 Å². The van der Waals surface area contributed by atoms with Crippen LogP contribution in [-0.4, -0.2) is 0 Å². The standard InChI is InChI=1S/C16H17F2N/c1-11-3-5-13(6-4-11)16(2,19)10-12-9-14(17)7-8-15(12)18/h3-9H,10,19H2,1-2H3. The molecule has 2 rings (SSSR count). The third-order valence-electron chi connectivity index (χ3n) is 3.28. The highest BCUT2D eigenvalue weighted by Gasteiger charge is 2.23. The number of aryl methyl sites for hydroxylation is 1. The van der Waals surface area contributed by atoms with E-state index < -0.39 is 17.2 Å². The van der Waals surface area contributed by atoms with Crippen molar-refractivity contribution in [3.63, 3.8) is 0 Å². The van der Waals surface area contributed by atoms with E-state index in [0.717, 1.165) is 23.3 Å². The molecule has 0 saturated heterocycles. The summed E-state index contributed by atoms with van der Waals surface area (Å²) >= 11 is 0. The number of benzene rings is 2. The molecule has 1 nitrogen and oxygen atoms in total. The molecule has 0 fully saturated rings. The molecule has 2 aromatic rings. The predicted molar refractivity (Wildman–Crippen MR) is 72.8 cm³/mol. The summed E-state index contributed by atoms with van der Waals surface area (Å²) in [6.45, 7) is 3.81. The maximum absolute atomic E-state index is 13.7. The maximum atomic E-state index is 13.7. The van der Waals surface area contributed by atoms with Gasteiger partial charge in [0.2, 0.25) is 0 Å². The van der Waals surface area contributed by atoms with Gasteiger partial charge < -0.3 is 5.73 Å². The lowest BCUT2D eigenvalue weighted by atomic mass is 9.86. The van der Waals surface area contributed by atoms with Crippen molar-refractivity contribution in [2.24, 2.45) is 5.73 Å². The van der Waals surface area contributed by atoms with Crippen molar-refractivity contribution < 1.29 is 8.78 Å². The Labute approximate surface area is 112 Å². The van der Waals surface area contributed by atoms with Crippen molar-refractivity contribution in [3.8, 4) is 0 Å². The van der Waals surface area contributed by atoms with Crippen LogP contribution in [0, 0.1) is 18.6 Å². The molecular weight excluding hydrogens is 244 g/mol. The zero-order chi connectivity index (χ0) is 14.0. The van der Waals surface area contributed by atoms with Crippen LogP contribution in [0.3, 0.4) is 0 Å². The first-order chi connectivity index (χ1) is 8.88. The Morgan fingerprint density at radius 1 is 1.05 bits per heavy atom. The third-order valence-corrected chi connectivity index (χ3v) is 3.28. The summed E-state index contributed by atoms with van der Waals surface area (Å²) in [4.78, 5) is 0. The largest absolute Gasteiger partial charge is 0.321 e. The summed E-state index contributed by atoms with van der Waals surface area (Å²) < 4.78 is 26.8. The molecule has 0 spiro atoms. The summed E-state index contributed by atoms with van der Waals surface area (Å²) in [6.07, 6.45) is 0.250. The summed E-state index contributed by atoms with van der Waals surface area (Å²) in [6, 6.07) is 11.2. The molecule has 0 aliphatic heterocycles. The van der Waals surface area contributed by atoms with Crippen LogP contribution in [0.5, 0.6) is 0 Å². The number of nitrogens with two attached hydrogens (primary N) is 1. The number of halogens is 2. The van der Waals surface area contributed by atoms with Gasteiger partial charge >= 0.3 is 0 Å². The fourth-order valence-electron chi connectivity index (χ4n) is 2.11. The van der Waals surface area contributed by atoms with Crippen LogP contribution in [0.2, 0.25) is 0 Å². The molecule has 2 aromatic carbocycles. The maximum Gasteiger partial charge on any atom is 0.126 e. The molecule has 0 saturated carbocycles. The minimum Gasteiger partial charge on any atom is -0.321 e. The van der Waals surface area contributed by atoms with Gasteiger partial charge in [-0.25, -0.2) is 8.78 Å². The summed E-state index contributed by atoms with van der Waals surface area (Å²) in [5.41, 5.74) is 7.85. The fraction of sp³-hybridized carbons (Fsp3) is 0.250. The first-order valence-electron chi connectivity index (χ1n) is 6.18. The zero-order valence-corrected chi connectivity index (χ0v) is 11.1. The first-order valence-corrected chi connectivity index (χ1v) is 6.18. The number of rotatable bonds is 3. The van der Waals surface area contributed by atoms with Crippen LogP contribution >= 0.6 is 0 Å². The van der Waals surface area contributed by atoms with Gasteiger partial charge in [-0.05, 0) is 49.6 Å². The Bertz CT molecular complexity index is 574. The monoisotopic (exact) mass is 261 g/mol. The van der Waals surface area contributed by atoms with Crippen molar-refractivity contribution in [2.45, 2.75) is 25.8 Å². The Balaban J connectivity index is 2.30. The molecule has 100 valence electrons. The highest BCUT2D eigenvalue weighted by molar-refractivity contribution is 5.30. The van der Waals surface area contributed by atoms with Crippen LogP contribution < -0.4 is 5.73 Å². The molecule has 0 aliphatic carbocycles. The number of hydrogen-bond donors (Lipinski definition) is 1. The minimum absolute atomic E-state index is 0.250. The van der Waals surface area contributed by atoms with Gasteiger partial charge in [0.15, 0.2) is 0 Å². The molecule has 0 bridgehead atoms. The molecular formula is C16H17F2N. The van der Waals surface area contributed by atoms with E-state index in [1.54, 1.807) is 0 Å². The van der Waals surface area contributed by atoms with Crippen LogP contribution in [0.15, 0.2) is 42.5 Å². The lowest BCUT2D eigenvalue weighted by Gasteiger charge is -2.26. The van der Waals surface area contributed by atoms with E-state index in [2.05, 4.69) is 0 Å². The van der Waals surface area contributed by atoms with Gasteiger partial charge in [-0.15, -0.1) is 0 Å². The molecule has 0 amide bonds. The molecule has 1 unspecified atom stereocenters. The SMILES string of the molecule is Cc1ccc(C(C)(N)Cc2cc(F)ccc2F)cc1. The summed E-state index contributed by atoms with van der Waals surface area (Å²) in [5.74, 6) is -0.874. The van der Waals surface area contributed by atoms with Gasteiger partial charge in [0.05, 0.1) is 0 Å². The van der Waals surface area contributed by atoms with Gasteiger partial charge in [-0.2, -0.15) is 0 Å². The second-order valence-corrected chi connectivity index (χ2v) is 5.20. The molecule has 2 N–H and O–H groups in total. The smallest absolute Gasteiger partial charge is 0.126 e. The van der Waals surface area contributed by atoms with Crippen LogP contribution in [-0.2, 0) is 12.0 Å². The second kappa shape index (κ2) is 5.10. The molecule has 0 radical (unpaired) electrons. The van der Waals surface area contributed by atoms with Crippen molar-refractivity contribution in [1.29, 1.82) is 0 Å². The van der Waals surface area contributed by atoms with Crippen molar-refractivity contribution >= 4 is 0 Å². The molecule has 0 heterocycles. The topological polar surface area (TPSA) is 26.0 Å². The third kappa shape index (κ3) is 3.18. The summed E-state index contributed by atoms with van der Waals surface area (Å²) in [7, 11) is 0. The average molecular weight is 261 g/mol. The lowest BCUT2D eigenvalue weighted by molar-refractivity contribution is 0.472. The van der Waals surface area contributed by atoms with E-state index in [0.29, 0.717) is 5.56 Å². The minimum atomic E-state index is -0.734. The average Bonchev–Trinajstić information content (AvgIpc) is 2.34. The Hall–Kier alpha value is -1.74. The van der Waals surface area contributed by atoms with Gasteiger partial charge in [-0.3, -0.25) is 0 Å². The van der Waals surface area contributed by atoms with Gasteiger partial charge in [-0.1, -0.05) is 29.8 Å². The molecule has 3 heteroatoms. The molecule has 0 aliphatic rings. The predicted octanol–water partition coefficient (Wildman–Crippen LogP) is 3.69. The van der Waals surface area contributed by atoms with Crippen molar-refractivity contribution in [1.82, 2.24) is 0 Å². The molecule has 1 atom stereocenters. The van der Waals surface area contributed by atoms with E-state index in [-0.39, 0.29) is 6.42 Å². The Kier molecular flexibility index (Phi) is 3.67. The van der Waals surface area contributed by atoms with Gasteiger partial charge in [0.1, 0.15) is 11.6 Å². The highest BCUT2D eigenvalue weighted by Crippen LogP contribution is 2.24. The van der Waals surface area contributed by atoms with E-state index in [4.69, 9.17) is 5.73 Å². The highest BCUT2D eigenvalue weighted by atomic mass is 19.1. The fourth-order valence-corrected chi connectivity index (χ4v) is 2.11. The second-order valence-electron chi connectivity index (χ2n) is 5.20. The lowest BCUT2D eigenvalue weighted by Crippen LogP contribution is -2.35. The van der Waals surface area contributed by atoms with Crippen LogP contribution in [0.4, 0.5) is 8.78 Å². The van der Waals surface area contributed by atoms with E-state index >= 15 is 0 Å².